The Bertz CT molecular complexity index is 824. The second kappa shape index (κ2) is 9.29. The first-order valence-electron chi connectivity index (χ1n) is 8.65. The fourth-order valence-corrected chi connectivity index (χ4v) is 2.90. The smallest absolute Gasteiger partial charge is 0.340 e. The third kappa shape index (κ3) is 4.47. The van der Waals surface area contributed by atoms with E-state index in [4.69, 9.17) is 14.6 Å². The van der Waals surface area contributed by atoms with Gasteiger partial charge in [-0.2, -0.15) is 0 Å². The summed E-state index contributed by atoms with van der Waals surface area (Å²) in [5, 5.41) is 21.3. The lowest BCUT2D eigenvalue weighted by molar-refractivity contribution is 0.0599. The molecule has 150 valence electrons. The third-order valence-corrected chi connectivity index (χ3v) is 4.26. The van der Waals surface area contributed by atoms with Gasteiger partial charge in [-0.3, -0.25) is 4.98 Å². The predicted octanol–water partition coefficient (Wildman–Crippen LogP) is 1.70. The molecule has 0 aliphatic carbocycles. The highest BCUT2D eigenvalue weighted by Gasteiger charge is 2.27. The van der Waals surface area contributed by atoms with E-state index in [1.807, 2.05) is 0 Å². The van der Waals surface area contributed by atoms with Crippen molar-refractivity contribution in [2.75, 3.05) is 32.7 Å². The molecule has 3 N–H and O–H groups in total. The van der Waals surface area contributed by atoms with E-state index >= 15 is 0 Å². The van der Waals surface area contributed by atoms with Crippen LogP contribution in [-0.4, -0.2) is 60.6 Å². The van der Waals surface area contributed by atoms with Crippen LogP contribution in [0.1, 0.15) is 32.1 Å². The van der Waals surface area contributed by atoms with Crippen molar-refractivity contribution in [2.24, 2.45) is 0 Å². The molecule has 2 rings (SSSR count). The lowest BCUT2D eigenvalue weighted by Gasteiger charge is -2.17. The van der Waals surface area contributed by atoms with Gasteiger partial charge < -0.3 is 25.0 Å². The Morgan fingerprint density at radius 3 is 1.96 bits per heavy atom. The van der Waals surface area contributed by atoms with Crippen LogP contribution in [0.15, 0.2) is 24.3 Å². The summed E-state index contributed by atoms with van der Waals surface area (Å²) in [5.74, 6) is -1.20. The highest BCUT2D eigenvalue weighted by molar-refractivity contribution is 6.07. The fourth-order valence-electron chi connectivity index (χ4n) is 2.90. The molecule has 0 radical (unpaired) electrons. The van der Waals surface area contributed by atoms with E-state index < -0.39 is 18.0 Å². The van der Waals surface area contributed by atoms with E-state index in [0.29, 0.717) is 28.2 Å². The van der Waals surface area contributed by atoms with Crippen LogP contribution < -0.4 is 5.32 Å². The summed E-state index contributed by atoms with van der Waals surface area (Å²) in [4.78, 5) is 29.1. The van der Waals surface area contributed by atoms with Crippen molar-refractivity contribution in [1.29, 1.82) is 0 Å². The molecule has 1 atom stereocenters. The van der Waals surface area contributed by atoms with E-state index in [0.717, 1.165) is 0 Å². The second-order valence-electron chi connectivity index (χ2n) is 6.19. The molecule has 0 fully saturated rings. The second-order valence-corrected chi connectivity index (χ2v) is 6.19. The molecule has 0 aliphatic heterocycles. The quantitative estimate of drug-likeness (QED) is 0.614. The normalized spacial score (nSPS) is 11.6. The van der Waals surface area contributed by atoms with Gasteiger partial charge in [-0.25, -0.2) is 9.59 Å². The number of anilines is 1. The molecule has 0 saturated carbocycles. The Morgan fingerprint density at radius 1 is 1.04 bits per heavy atom. The SMILES string of the molecule is COC(=O)c1c(C)nc(C)c(C(=O)OC)c1-c1ccc(NCC(O)CO)cc1. The maximum atomic E-state index is 12.4. The first kappa shape index (κ1) is 21.3. The molecular weight excluding hydrogens is 364 g/mol. The fraction of sp³-hybridized carbons (Fsp3) is 0.350. The van der Waals surface area contributed by atoms with Gasteiger partial charge in [-0.15, -0.1) is 0 Å². The standard InChI is InChI=1S/C20H24N2O6/c1-11-16(19(25)27-3)18(17(12(2)22-11)20(26)28-4)13-5-7-14(8-6-13)21-9-15(24)10-23/h5-8,15,21,23-24H,9-10H2,1-4H3. The highest BCUT2D eigenvalue weighted by Crippen LogP contribution is 2.33. The number of ether oxygens (including phenoxy) is 2. The van der Waals surface area contributed by atoms with Crippen molar-refractivity contribution in [3.63, 3.8) is 0 Å². The summed E-state index contributed by atoms with van der Waals surface area (Å²) >= 11 is 0. The number of carbonyl (C=O) groups excluding carboxylic acids is 2. The molecule has 0 bridgehead atoms. The number of nitrogens with zero attached hydrogens (tertiary/aromatic N) is 1. The third-order valence-electron chi connectivity index (χ3n) is 4.26. The number of carbonyl (C=O) groups is 2. The van der Waals surface area contributed by atoms with Crippen LogP contribution in [0.25, 0.3) is 11.1 Å². The summed E-state index contributed by atoms with van der Waals surface area (Å²) in [6, 6.07) is 6.96. The molecule has 1 unspecified atom stereocenters. The van der Waals surface area contributed by atoms with Crippen LogP contribution in [0.2, 0.25) is 0 Å². The van der Waals surface area contributed by atoms with Crippen molar-refractivity contribution in [1.82, 2.24) is 4.98 Å². The zero-order chi connectivity index (χ0) is 20.8. The molecule has 28 heavy (non-hydrogen) atoms. The Labute approximate surface area is 163 Å². The Kier molecular flexibility index (Phi) is 7.08. The Morgan fingerprint density at radius 2 is 1.54 bits per heavy atom. The van der Waals surface area contributed by atoms with Gasteiger partial charge in [-0.05, 0) is 31.5 Å². The van der Waals surface area contributed by atoms with E-state index in [2.05, 4.69) is 10.3 Å². The van der Waals surface area contributed by atoms with E-state index in [9.17, 15) is 14.7 Å². The van der Waals surface area contributed by atoms with Crippen molar-refractivity contribution >= 4 is 17.6 Å². The topological polar surface area (TPSA) is 118 Å². The maximum absolute atomic E-state index is 12.4. The van der Waals surface area contributed by atoms with Crippen LogP contribution in [-0.2, 0) is 9.47 Å². The van der Waals surface area contributed by atoms with Crippen LogP contribution in [0.4, 0.5) is 5.69 Å². The number of rotatable bonds is 7. The molecule has 1 aromatic heterocycles. The first-order chi connectivity index (χ1) is 13.3. The zero-order valence-electron chi connectivity index (χ0n) is 16.3. The van der Waals surface area contributed by atoms with E-state index in [1.54, 1.807) is 38.1 Å². The van der Waals surface area contributed by atoms with Crippen molar-refractivity contribution in [3.8, 4) is 11.1 Å². The van der Waals surface area contributed by atoms with Crippen LogP contribution in [0, 0.1) is 13.8 Å². The van der Waals surface area contributed by atoms with Gasteiger partial charge in [0.2, 0.25) is 0 Å². The van der Waals surface area contributed by atoms with Gasteiger partial charge in [0.1, 0.15) is 0 Å². The molecular formula is C20H24N2O6. The minimum absolute atomic E-state index is 0.185. The number of hydrogen-bond acceptors (Lipinski definition) is 8. The number of esters is 2. The van der Waals surface area contributed by atoms with Crippen molar-refractivity contribution in [3.05, 3.63) is 46.8 Å². The maximum Gasteiger partial charge on any atom is 0.340 e. The van der Waals surface area contributed by atoms with Gasteiger partial charge >= 0.3 is 11.9 Å². The average molecular weight is 388 g/mol. The number of aliphatic hydroxyl groups excluding tert-OH is 2. The van der Waals surface area contributed by atoms with Gasteiger partial charge in [0.15, 0.2) is 0 Å². The number of pyridine rings is 1. The Hall–Kier alpha value is -2.97. The number of benzene rings is 1. The average Bonchev–Trinajstić information content (AvgIpc) is 2.70. The summed E-state index contributed by atoms with van der Waals surface area (Å²) in [5.41, 5.74) is 3.00. The molecule has 2 aromatic rings. The summed E-state index contributed by atoms with van der Waals surface area (Å²) in [7, 11) is 2.53. The largest absolute Gasteiger partial charge is 0.465 e. The van der Waals surface area contributed by atoms with Crippen LogP contribution in [0.5, 0.6) is 0 Å². The van der Waals surface area contributed by atoms with Gasteiger partial charge in [0.05, 0.1) is 49.4 Å². The van der Waals surface area contributed by atoms with Crippen LogP contribution in [0.3, 0.4) is 0 Å². The summed E-state index contributed by atoms with van der Waals surface area (Å²) in [6.45, 7) is 3.20. The lowest BCUT2D eigenvalue weighted by atomic mass is 9.92. The minimum atomic E-state index is -0.873. The first-order valence-corrected chi connectivity index (χ1v) is 8.65. The summed E-state index contributed by atoms with van der Waals surface area (Å²) in [6.07, 6.45) is -0.873. The predicted molar refractivity (Wildman–Crippen MR) is 103 cm³/mol. The van der Waals surface area contributed by atoms with Crippen LogP contribution >= 0.6 is 0 Å². The van der Waals surface area contributed by atoms with Gasteiger partial charge in [-0.1, -0.05) is 12.1 Å². The number of aliphatic hydroxyl groups is 2. The Balaban J connectivity index is 2.59. The van der Waals surface area contributed by atoms with E-state index in [1.165, 1.54) is 14.2 Å². The molecule has 8 heteroatoms. The van der Waals surface area contributed by atoms with Crippen molar-refractivity contribution < 1.29 is 29.3 Å². The molecule has 8 nitrogen and oxygen atoms in total. The molecule has 1 heterocycles. The highest BCUT2D eigenvalue weighted by atomic mass is 16.5. The molecule has 0 spiro atoms. The molecule has 1 aromatic carbocycles. The van der Waals surface area contributed by atoms with Gasteiger partial charge in [0.25, 0.3) is 0 Å². The number of hydrogen-bond donors (Lipinski definition) is 3. The molecule has 0 aliphatic rings. The number of aryl methyl sites for hydroxylation is 2. The monoisotopic (exact) mass is 388 g/mol. The van der Waals surface area contributed by atoms with E-state index in [-0.39, 0.29) is 24.3 Å². The summed E-state index contributed by atoms with van der Waals surface area (Å²) < 4.78 is 9.79. The number of aromatic nitrogens is 1. The van der Waals surface area contributed by atoms with Gasteiger partial charge in [0, 0.05) is 17.8 Å². The number of methoxy groups -OCH3 is 2. The van der Waals surface area contributed by atoms with Crippen molar-refractivity contribution in [2.45, 2.75) is 20.0 Å². The molecule has 0 saturated heterocycles. The minimum Gasteiger partial charge on any atom is -0.465 e. The number of nitrogens with one attached hydrogen (secondary N) is 1. The lowest BCUT2D eigenvalue weighted by Crippen LogP contribution is -2.22. The zero-order valence-corrected chi connectivity index (χ0v) is 16.3. The molecule has 0 amide bonds.